The highest BCUT2D eigenvalue weighted by Crippen LogP contribution is 2.15. The molecule has 6 heteroatoms. The predicted molar refractivity (Wildman–Crippen MR) is 88.3 cm³/mol. The Kier molecular flexibility index (Phi) is 4.02. The summed E-state index contributed by atoms with van der Waals surface area (Å²) >= 11 is 1.42. The maximum Gasteiger partial charge on any atom is 0.262 e. The topological polar surface area (TPSA) is 55.2 Å². The number of para-hydroxylation sites is 1. The number of aromatic nitrogens is 2. The molecule has 0 aliphatic carbocycles. The van der Waals surface area contributed by atoms with Crippen molar-refractivity contribution >= 4 is 33.1 Å². The van der Waals surface area contributed by atoms with E-state index in [4.69, 9.17) is 0 Å². The van der Waals surface area contributed by atoms with Crippen LogP contribution in [0.15, 0.2) is 52.9 Å². The third-order valence-corrected chi connectivity index (χ3v) is 4.26. The van der Waals surface area contributed by atoms with Crippen molar-refractivity contribution < 1.29 is 4.79 Å². The first kappa shape index (κ1) is 14.5. The van der Waals surface area contributed by atoms with E-state index in [-0.39, 0.29) is 18.0 Å². The Bertz CT molecular complexity index is 854. The first-order valence-corrected chi connectivity index (χ1v) is 7.86. The van der Waals surface area contributed by atoms with Gasteiger partial charge in [-0.15, -0.1) is 11.3 Å². The fourth-order valence-corrected chi connectivity index (χ4v) is 3.07. The molecule has 2 aromatic heterocycles. The van der Waals surface area contributed by atoms with Crippen LogP contribution in [0, 0.1) is 0 Å². The molecule has 0 bridgehead atoms. The molecule has 112 valence electrons. The second-order valence-electron chi connectivity index (χ2n) is 4.79. The van der Waals surface area contributed by atoms with Crippen LogP contribution in [-0.4, -0.2) is 22.0 Å². The lowest BCUT2D eigenvalue weighted by Crippen LogP contribution is -2.36. The summed E-state index contributed by atoms with van der Waals surface area (Å²) in [5, 5.41) is 2.39. The molecule has 1 amide bonds. The van der Waals surface area contributed by atoms with Crippen LogP contribution in [0.25, 0.3) is 10.2 Å². The van der Waals surface area contributed by atoms with Gasteiger partial charge >= 0.3 is 0 Å². The highest BCUT2D eigenvalue weighted by Gasteiger charge is 2.15. The van der Waals surface area contributed by atoms with Crippen molar-refractivity contribution in [2.45, 2.75) is 13.5 Å². The van der Waals surface area contributed by atoms with Crippen molar-refractivity contribution in [1.29, 1.82) is 0 Å². The number of hydrogen-bond donors (Lipinski definition) is 0. The summed E-state index contributed by atoms with van der Waals surface area (Å²) in [6, 6.07) is 11.2. The van der Waals surface area contributed by atoms with Gasteiger partial charge < -0.3 is 4.90 Å². The molecule has 0 N–H and O–H groups in total. The highest BCUT2D eigenvalue weighted by atomic mass is 32.1. The molecule has 0 aliphatic rings. The Morgan fingerprint density at radius 1 is 1.27 bits per heavy atom. The minimum atomic E-state index is -0.177. The van der Waals surface area contributed by atoms with Crippen LogP contribution >= 0.6 is 11.3 Å². The molecular formula is C16H15N3O2S. The molecule has 1 aromatic carbocycles. The first-order chi connectivity index (χ1) is 10.7. The molecule has 0 fully saturated rings. The Labute approximate surface area is 131 Å². The lowest BCUT2D eigenvalue weighted by molar-refractivity contribution is -0.119. The zero-order valence-electron chi connectivity index (χ0n) is 12.1. The molecule has 0 saturated heterocycles. The molecule has 22 heavy (non-hydrogen) atoms. The summed E-state index contributed by atoms with van der Waals surface area (Å²) in [5.41, 5.74) is 0.649. The number of carbonyl (C=O) groups excluding carboxylic acids is 1. The number of rotatable bonds is 4. The molecule has 3 rings (SSSR count). The van der Waals surface area contributed by atoms with Crippen LogP contribution in [0.5, 0.6) is 0 Å². The molecule has 5 nitrogen and oxygen atoms in total. The van der Waals surface area contributed by atoms with Crippen LogP contribution in [0.3, 0.4) is 0 Å². The highest BCUT2D eigenvalue weighted by molar-refractivity contribution is 7.16. The van der Waals surface area contributed by atoms with E-state index in [1.165, 1.54) is 22.2 Å². The number of fused-ring (bicyclic) bond motifs is 1. The van der Waals surface area contributed by atoms with E-state index in [0.29, 0.717) is 16.8 Å². The third-order valence-electron chi connectivity index (χ3n) is 3.44. The normalized spacial score (nSPS) is 10.8. The Morgan fingerprint density at radius 2 is 2.05 bits per heavy atom. The fourth-order valence-electron chi connectivity index (χ4n) is 2.35. The van der Waals surface area contributed by atoms with Crippen molar-refractivity contribution in [3.05, 3.63) is 58.5 Å². The second-order valence-corrected chi connectivity index (χ2v) is 5.69. The summed E-state index contributed by atoms with van der Waals surface area (Å²) in [5.74, 6) is -0.132. The maximum absolute atomic E-state index is 12.5. The quantitative estimate of drug-likeness (QED) is 0.743. The molecule has 0 unspecified atom stereocenters. The van der Waals surface area contributed by atoms with Crippen molar-refractivity contribution in [3.63, 3.8) is 0 Å². The molecule has 0 aliphatic heterocycles. The first-order valence-electron chi connectivity index (χ1n) is 6.98. The number of carbonyl (C=O) groups is 1. The van der Waals surface area contributed by atoms with Gasteiger partial charge in [-0.2, -0.15) is 0 Å². The summed E-state index contributed by atoms with van der Waals surface area (Å²) in [4.78, 5) is 31.4. The van der Waals surface area contributed by atoms with Gasteiger partial charge in [-0.3, -0.25) is 14.2 Å². The molecule has 0 spiro atoms. The monoisotopic (exact) mass is 313 g/mol. The van der Waals surface area contributed by atoms with Crippen LogP contribution in [0.1, 0.15) is 6.92 Å². The van der Waals surface area contributed by atoms with Gasteiger partial charge in [-0.25, -0.2) is 4.98 Å². The van der Waals surface area contributed by atoms with E-state index in [2.05, 4.69) is 4.98 Å². The number of hydrogen-bond acceptors (Lipinski definition) is 4. The molecule has 0 atom stereocenters. The van der Waals surface area contributed by atoms with Gasteiger partial charge in [0.15, 0.2) is 0 Å². The van der Waals surface area contributed by atoms with Crippen LogP contribution in [-0.2, 0) is 11.3 Å². The van der Waals surface area contributed by atoms with Crippen LogP contribution < -0.4 is 10.5 Å². The molecule has 3 aromatic rings. The van der Waals surface area contributed by atoms with E-state index in [1.54, 1.807) is 11.0 Å². The Morgan fingerprint density at radius 3 is 2.77 bits per heavy atom. The van der Waals surface area contributed by atoms with E-state index in [0.717, 1.165) is 5.69 Å². The average Bonchev–Trinajstić information content (AvgIpc) is 3.01. The molecular weight excluding hydrogens is 298 g/mol. The van der Waals surface area contributed by atoms with Crippen molar-refractivity contribution in [2.24, 2.45) is 0 Å². The van der Waals surface area contributed by atoms with Crippen LogP contribution in [0.4, 0.5) is 5.69 Å². The Balaban J connectivity index is 1.89. The number of nitrogens with zero attached hydrogens (tertiary/aromatic N) is 3. The summed E-state index contributed by atoms with van der Waals surface area (Å²) in [7, 11) is 0. The van der Waals surface area contributed by atoms with Crippen molar-refractivity contribution in [2.75, 3.05) is 11.4 Å². The summed E-state index contributed by atoms with van der Waals surface area (Å²) in [6.45, 7) is 2.44. The summed E-state index contributed by atoms with van der Waals surface area (Å²) in [6.07, 6.45) is 1.44. The third kappa shape index (κ3) is 2.65. The predicted octanol–water partition coefficient (Wildman–Crippen LogP) is 2.51. The minimum absolute atomic E-state index is 0.0135. The number of anilines is 1. The van der Waals surface area contributed by atoms with E-state index in [9.17, 15) is 9.59 Å². The lowest BCUT2D eigenvalue weighted by Gasteiger charge is -2.21. The van der Waals surface area contributed by atoms with Gasteiger partial charge in [0.2, 0.25) is 5.91 Å². The van der Waals surface area contributed by atoms with Gasteiger partial charge in [0, 0.05) is 12.2 Å². The van der Waals surface area contributed by atoms with Crippen molar-refractivity contribution in [1.82, 2.24) is 9.55 Å². The largest absolute Gasteiger partial charge is 0.311 e. The summed E-state index contributed by atoms with van der Waals surface area (Å²) < 4.78 is 1.36. The second kappa shape index (κ2) is 6.11. The zero-order chi connectivity index (χ0) is 15.5. The van der Waals surface area contributed by atoms with E-state index >= 15 is 0 Å². The van der Waals surface area contributed by atoms with Gasteiger partial charge in [0.25, 0.3) is 5.56 Å². The van der Waals surface area contributed by atoms with E-state index < -0.39 is 0 Å². The zero-order valence-corrected chi connectivity index (χ0v) is 12.9. The van der Waals surface area contributed by atoms with Gasteiger partial charge in [-0.1, -0.05) is 18.2 Å². The van der Waals surface area contributed by atoms with Crippen LogP contribution in [0.2, 0.25) is 0 Å². The van der Waals surface area contributed by atoms with Gasteiger partial charge in [0.1, 0.15) is 11.4 Å². The molecule has 0 saturated carbocycles. The van der Waals surface area contributed by atoms with Gasteiger partial charge in [-0.05, 0) is 30.5 Å². The molecule has 2 heterocycles. The van der Waals surface area contributed by atoms with Gasteiger partial charge in [0.05, 0.1) is 11.7 Å². The smallest absolute Gasteiger partial charge is 0.262 e. The minimum Gasteiger partial charge on any atom is -0.311 e. The standard InChI is InChI=1S/C16H15N3O2S/c1-2-19(12-6-4-3-5-7-12)14(20)10-18-11-17-15-13(16(18)21)8-9-22-15/h3-9,11H,2,10H2,1H3. The lowest BCUT2D eigenvalue weighted by atomic mass is 10.3. The maximum atomic E-state index is 12.5. The average molecular weight is 313 g/mol. The number of benzene rings is 1. The van der Waals surface area contributed by atoms with E-state index in [1.807, 2.05) is 42.6 Å². The molecule has 0 radical (unpaired) electrons. The number of amides is 1. The Hall–Kier alpha value is -2.47. The number of thiophene rings is 1. The number of likely N-dealkylation sites (N-methyl/N-ethyl adjacent to an activating group) is 1. The van der Waals surface area contributed by atoms with Crippen molar-refractivity contribution in [3.8, 4) is 0 Å². The SMILES string of the molecule is CCN(C(=O)Cn1cnc2sccc2c1=O)c1ccccc1. The fraction of sp³-hybridized carbons (Fsp3) is 0.188.